The largest absolute Gasteiger partial charge is 0.368 e. The van der Waals surface area contributed by atoms with Gasteiger partial charge >= 0.3 is 0 Å². The molecule has 25 heavy (non-hydrogen) atoms. The van der Waals surface area contributed by atoms with Crippen molar-refractivity contribution >= 4 is 17.7 Å². The third-order valence-electron chi connectivity index (χ3n) is 3.84. The van der Waals surface area contributed by atoms with Gasteiger partial charge in [0, 0.05) is 12.8 Å². The van der Waals surface area contributed by atoms with Crippen molar-refractivity contribution in [3.05, 3.63) is 48.6 Å². The fourth-order valence-electron chi connectivity index (χ4n) is 2.38. The van der Waals surface area contributed by atoms with Crippen molar-refractivity contribution in [2.75, 3.05) is 0 Å². The van der Waals surface area contributed by atoms with Gasteiger partial charge in [0.05, 0.1) is 6.04 Å². The van der Waals surface area contributed by atoms with Crippen LogP contribution < -0.4 is 16.4 Å². The van der Waals surface area contributed by atoms with E-state index in [1.54, 1.807) is 6.08 Å². The molecule has 0 fully saturated rings. The van der Waals surface area contributed by atoms with Crippen molar-refractivity contribution in [1.29, 1.82) is 0 Å². The van der Waals surface area contributed by atoms with Gasteiger partial charge in [0.15, 0.2) is 0 Å². The summed E-state index contributed by atoms with van der Waals surface area (Å²) in [5.74, 6) is -1.14. The van der Waals surface area contributed by atoms with E-state index in [1.165, 1.54) is 0 Å². The highest BCUT2D eigenvalue weighted by Crippen LogP contribution is 2.11. The van der Waals surface area contributed by atoms with Crippen LogP contribution in [0.5, 0.6) is 0 Å². The van der Waals surface area contributed by atoms with Crippen LogP contribution in [0.3, 0.4) is 0 Å². The fraction of sp³-hybridized carbons (Fsp3) is 0.421. The highest BCUT2D eigenvalue weighted by molar-refractivity contribution is 5.88. The quantitative estimate of drug-likeness (QED) is 0.422. The number of unbranched alkanes of at least 4 members (excludes halogenated alkanes) is 1. The lowest BCUT2D eigenvalue weighted by atomic mass is 10.1. The van der Waals surface area contributed by atoms with Crippen LogP contribution in [0.2, 0.25) is 0 Å². The molecule has 4 N–H and O–H groups in total. The highest BCUT2D eigenvalue weighted by atomic mass is 16.2. The van der Waals surface area contributed by atoms with E-state index >= 15 is 0 Å². The normalized spacial score (nSPS) is 12.7. The number of carbonyl (C=O) groups excluding carboxylic acids is 3. The van der Waals surface area contributed by atoms with Gasteiger partial charge in [-0.15, -0.1) is 6.58 Å². The number of allylic oxidation sites excluding steroid dienone is 1. The van der Waals surface area contributed by atoms with E-state index in [4.69, 9.17) is 5.73 Å². The maximum absolute atomic E-state index is 12.0. The van der Waals surface area contributed by atoms with Crippen molar-refractivity contribution in [2.24, 2.45) is 5.73 Å². The van der Waals surface area contributed by atoms with Gasteiger partial charge in [0.25, 0.3) is 0 Å². The number of amides is 3. The number of rotatable bonds is 11. The molecule has 0 spiro atoms. The third-order valence-corrected chi connectivity index (χ3v) is 3.84. The molecule has 1 aromatic carbocycles. The molecule has 136 valence electrons. The van der Waals surface area contributed by atoms with Gasteiger partial charge in [0.2, 0.25) is 17.7 Å². The van der Waals surface area contributed by atoms with Crippen molar-refractivity contribution in [2.45, 2.75) is 51.1 Å². The van der Waals surface area contributed by atoms with Gasteiger partial charge in [-0.25, -0.2) is 0 Å². The molecule has 0 bridgehead atoms. The molecule has 1 aromatic rings. The summed E-state index contributed by atoms with van der Waals surface area (Å²) in [7, 11) is 0. The second kappa shape index (κ2) is 11.0. The van der Waals surface area contributed by atoms with Crippen LogP contribution in [0, 0.1) is 0 Å². The first-order valence-corrected chi connectivity index (χ1v) is 8.48. The van der Waals surface area contributed by atoms with Crippen LogP contribution >= 0.6 is 0 Å². The van der Waals surface area contributed by atoms with Gasteiger partial charge < -0.3 is 16.4 Å². The topological polar surface area (TPSA) is 101 Å². The summed E-state index contributed by atoms with van der Waals surface area (Å²) in [6.45, 7) is 5.49. The van der Waals surface area contributed by atoms with Crippen molar-refractivity contribution < 1.29 is 14.4 Å². The van der Waals surface area contributed by atoms with Crippen LogP contribution in [0.15, 0.2) is 43.0 Å². The SMILES string of the molecule is C=CCCC[C@@H](NC(=O)CCC(=O)N[C@H](C)c1ccccc1)C(N)=O. The second-order valence-electron chi connectivity index (χ2n) is 5.94. The number of nitrogens with two attached hydrogens (primary N) is 1. The Morgan fingerprint density at radius 2 is 1.72 bits per heavy atom. The van der Waals surface area contributed by atoms with Crippen LogP contribution in [0.1, 0.15) is 50.6 Å². The average Bonchev–Trinajstić information content (AvgIpc) is 2.59. The van der Waals surface area contributed by atoms with Crippen LogP contribution in [0.25, 0.3) is 0 Å². The Labute approximate surface area is 148 Å². The first-order chi connectivity index (χ1) is 11.9. The minimum Gasteiger partial charge on any atom is -0.368 e. The lowest BCUT2D eigenvalue weighted by molar-refractivity contribution is -0.129. The molecular weight excluding hydrogens is 318 g/mol. The number of carbonyl (C=O) groups is 3. The first-order valence-electron chi connectivity index (χ1n) is 8.48. The molecule has 6 nitrogen and oxygen atoms in total. The minimum atomic E-state index is -0.709. The number of nitrogens with one attached hydrogen (secondary N) is 2. The lowest BCUT2D eigenvalue weighted by Crippen LogP contribution is -2.44. The molecule has 0 aliphatic rings. The third kappa shape index (κ3) is 8.15. The Kier molecular flexibility index (Phi) is 9.00. The van der Waals surface area contributed by atoms with Crippen molar-refractivity contribution in [1.82, 2.24) is 10.6 Å². The highest BCUT2D eigenvalue weighted by Gasteiger charge is 2.18. The summed E-state index contributed by atoms with van der Waals surface area (Å²) >= 11 is 0. The van der Waals surface area contributed by atoms with Gasteiger partial charge in [-0.05, 0) is 31.7 Å². The summed E-state index contributed by atoms with van der Waals surface area (Å²) in [6.07, 6.45) is 3.74. The van der Waals surface area contributed by atoms with E-state index in [1.807, 2.05) is 37.3 Å². The van der Waals surface area contributed by atoms with E-state index < -0.39 is 11.9 Å². The van der Waals surface area contributed by atoms with E-state index in [0.29, 0.717) is 12.8 Å². The Hall–Kier alpha value is -2.63. The molecule has 3 amide bonds. The van der Waals surface area contributed by atoms with E-state index in [2.05, 4.69) is 17.2 Å². The number of hydrogen-bond acceptors (Lipinski definition) is 3. The molecule has 0 heterocycles. The number of primary amides is 1. The summed E-state index contributed by atoms with van der Waals surface area (Å²) in [5.41, 5.74) is 6.29. The Bertz CT molecular complexity index is 587. The van der Waals surface area contributed by atoms with E-state index in [-0.39, 0.29) is 30.7 Å². The van der Waals surface area contributed by atoms with Crippen molar-refractivity contribution in [3.8, 4) is 0 Å². The molecular formula is C19H27N3O3. The molecule has 0 aliphatic carbocycles. The molecule has 0 aliphatic heterocycles. The Balaban J connectivity index is 2.37. The van der Waals surface area contributed by atoms with Gasteiger partial charge in [-0.1, -0.05) is 36.4 Å². The summed E-state index contributed by atoms with van der Waals surface area (Å²) in [4.78, 5) is 35.3. The number of benzene rings is 1. The fourth-order valence-corrected chi connectivity index (χ4v) is 2.38. The zero-order chi connectivity index (χ0) is 18.7. The van der Waals surface area contributed by atoms with Gasteiger partial charge in [0.1, 0.15) is 6.04 Å². The summed E-state index contributed by atoms with van der Waals surface area (Å²) in [5, 5.41) is 5.44. The maximum Gasteiger partial charge on any atom is 0.239 e. The zero-order valence-electron chi connectivity index (χ0n) is 14.7. The van der Waals surface area contributed by atoms with Crippen molar-refractivity contribution in [3.63, 3.8) is 0 Å². The molecule has 2 atom stereocenters. The van der Waals surface area contributed by atoms with Gasteiger partial charge in [-0.3, -0.25) is 14.4 Å². The number of hydrogen-bond donors (Lipinski definition) is 3. The van der Waals surface area contributed by atoms with E-state index in [0.717, 1.165) is 12.0 Å². The van der Waals surface area contributed by atoms with Crippen LogP contribution in [0.4, 0.5) is 0 Å². The minimum absolute atomic E-state index is 0.0125. The Morgan fingerprint density at radius 3 is 2.28 bits per heavy atom. The van der Waals surface area contributed by atoms with Crippen LogP contribution in [-0.4, -0.2) is 23.8 Å². The Morgan fingerprint density at radius 1 is 1.12 bits per heavy atom. The van der Waals surface area contributed by atoms with Gasteiger partial charge in [-0.2, -0.15) is 0 Å². The molecule has 0 radical (unpaired) electrons. The standard InChI is InChI=1S/C19H27N3O3/c1-3-4-6-11-16(19(20)25)22-18(24)13-12-17(23)21-14(2)15-9-7-5-8-10-15/h3,5,7-10,14,16H,1,4,6,11-13H2,2H3,(H2,20,25)(H,21,23)(H,22,24)/t14-,16-/m1/s1. The molecule has 0 saturated carbocycles. The first kappa shape index (κ1) is 20.4. The van der Waals surface area contributed by atoms with E-state index in [9.17, 15) is 14.4 Å². The summed E-state index contributed by atoms with van der Waals surface area (Å²) in [6, 6.07) is 8.74. The molecule has 1 rings (SSSR count). The predicted octanol–water partition coefficient (Wildman–Crippen LogP) is 1.97. The lowest BCUT2D eigenvalue weighted by Gasteiger charge is -2.16. The molecule has 0 saturated heterocycles. The second-order valence-corrected chi connectivity index (χ2v) is 5.94. The maximum atomic E-state index is 12.0. The van der Waals surface area contributed by atoms with Crippen LogP contribution in [-0.2, 0) is 14.4 Å². The predicted molar refractivity (Wildman–Crippen MR) is 97.4 cm³/mol. The monoisotopic (exact) mass is 345 g/mol. The molecule has 6 heteroatoms. The summed E-state index contributed by atoms with van der Waals surface area (Å²) < 4.78 is 0. The molecule has 0 aromatic heterocycles. The smallest absolute Gasteiger partial charge is 0.239 e. The average molecular weight is 345 g/mol. The zero-order valence-corrected chi connectivity index (χ0v) is 14.7. The molecule has 0 unspecified atom stereocenters.